The number of Topliss-reactive ketones (excluding diaryl/α,β-unsaturated/α-hetero) is 1. The predicted octanol–water partition coefficient (Wildman–Crippen LogP) is 4.41. The van der Waals surface area contributed by atoms with Crippen LogP contribution in [0.2, 0.25) is 0 Å². The number of rotatable bonds is 7. The summed E-state index contributed by atoms with van der Waals surface area (Å²) in [6.45, 7) is 5.40. The summed E-state index contributed by atoms with van der Waals surface area (Å²) in [6, 6.07) is 6.75. The third-order valence-electron chi connectivity index (χ3n) is 4.77. The molecule has 1 aliphatic rings. The smallest absolute Gasteiger partial charge is 0.342 e. The summed E-state index contributed by atoms with van der Waals surface area (Å²) in [7, 11) is 0. The largest absolute Gasteiger partial charge is 0.494 e. The molecule has 154 valence electrons. The van der Waals surface area contributed by atoms with Crippen molar-refractivity contribution < 1.29 is 23.9 Å². The number of amides is 1. The number of fused-ring (bicyclic) bond motifs is 1. The lowest BCUT2D eigenvalue weighted by molar-refractivity contribution is -0.114. The Bertz CT molecular complexity index is 916. The predicted molar refractivity (Wildman–Crippen MR) is 112 cm³/mol. The first kappa shape index (κ1) is 21.0. The van der Waals surface area contributed by atoms with Crippen LogP contribution in [0.25, 0.3) is 0 Å². The molecule has 0 saturated heterocycles. The molecule has 1 atom stereocenters. The van der Waals surface area contributed by atoms with Crippen molar-refractivity contribution in [3.05, 3.63) is 45.8 Å². The summed E-state index contributed by atoms with van der Waals surface area (Å²) in [5, 5.41) is 3.25. The van der Waals surface area contributed by atoms with E-state index in [0.717, 1.165) is 36.1 Å². The first-order valence-electron chi connectivity index (χ1n) is 9.80. The first-order valence-corrected chi connectivity index (χ1v) is 10.6. The zero-order valence-corrected chi connectivity index (χ0v) is 17.7. The van der Waals surface area contributed by atoms with E-state index in [9.17, 15) is 14.4 Å². The van der Waals surface area contributed by atoms with E-state index < -0.39 is 12.1 Å². The Kier molecular flexibility index (Phi) is 6.69. The number of benzene rings is 1. The SMILES string of the molecule is CCOc1ccc(C(=O)[C@@H](C)OC(=O)c2c(NC(C)=O)sc3c2CCCC3)cc1. The summed E-state index contributed by atoms with van der Waals surface area (Å²) in [5.41, 5.74) is 1.78. The van der Waals surface area contributed by atoms with Crippen LogP contribution in [-0.4, -0.2) is 30.4 Å². The molecule has 2 aromatic rings. The Morgan fingerprint density at radius 1 is 1.14 bits per heavy atom. The van der Waals surface area contributed by atoms with Crippen LogP contribution in [0.3, 0.4) is 0 Å². The van der Waals surface area contributed by atoms with Gasteiger partial charge in [0.25, 0.3) is 0 Å². The average molecular weight is 416 g/mol. The second kappa shape index (κ2) is 9.22. The summed E-state index contributed by atoms with van der Waals surface area (Å²) in [5.74, 6) is -0.416. The van der Waals surface area contributed by atoms with E-state index in [-0.39, 0.29) is 11.7 Å². The van der Waals surface area contributed by atoms with Crippen LogP contribution in [-0.2, 0) is 22.4 Å². The number of esters is 1. The highest BCUT2D eigenvalue weighted by molar-refractivity contribution is 7.17. The van der Waals surface area contributed by atoms with Crippen molar-refractivity contribution in [2.24, 2.45) is 0 Å². The Hall–Kier alpha value is -2.67. The third-order valence-corrected chi connectivity index (χ3v) is 5.98. The van der Waals surface area contributed by atoms with E-state index in [2.05, 4.69) is 5.32 Å². The lowest BCUT2D eigenvalue weighted by Gasteiger charge is -2.16. The van der Waals surface area contributed by atoms with E-state index >= 15 is 0 Å². The second-order valence-electron chi connectivity index (χ2n) is 6.97. The second-order valence-corrected chi connectivity index (χ2v) is 8.07. The molecule has 6 nitrogen and oxygen atoms in total. The molecule has 0 bridgehead atoms. The summed E-state index contributed by atoms with van der Waals surface area (Å²) in [6.07, 6.45) is 2.78. The molecule has 0 spiro atoms. The quantitative estimate of drug-likeness (QED) is 0.535. The lowest BCUT2D eigenvalue weighted by Crippen LogP contribution is -2.25. The molecule has 0 saturated carbocycles. The van der Waals surface area contributed by atoms with E-state index in [0.29, 0.717) is 28.5 Å². The molecule has 1 aromatic heterocycles. The molecular weight excluding hydrogens is 390 g/mol. The van der Waals surface area contributed by atoms with Gasteiger partial charge in [0, 0.05) is 17.4 Å². The molecule has 1 aliphatic carbocycles. The number of nitrogens with one attached hydrogen (secondary N) is 1. The molecule has 1 aromatic carbocycles. The minimum Gasteiger partial charge on any atom is -0.494 e. The van der Waals surface area contributed by atoms with Crippen LogP contribution in [0.5, 0.6) is 5.75 Å². The fourth-order valence-electron chi connectivity index (χ4n) is 3.42. The maximum absolute atomic E-state index is 12.9. The molecule has 0 fully saturated rings. The molecule has 29 heavy (non-hydrogen) atoms. The topological polar surface area (TPSA) is 81.7 Å². The highest BCUT2D eigenvalue weighted by Crippen LogP contribution is 2.38. The van der Waals surface area contributed by atoms with E-state index in [1.807, 2.05) is 6.92 Å². The molecule has 1 N–H and O–H groups in total. The number of hydrogen-bond donors (Lipinski definition) is 1. The molecule has 7 heteroatoms. The zero-order chi connectivity index (χ0) is 21.0. The maximum atomic E-state index is 12.9. The van der Waals surface area contributed by atoms with Gasteiger partial charge in [-0.3, -0.25) is 9.59 Å². The average Bonchev–Trinajstić information content (AvgIpc) is 3.05. The number of anilines is 1. The van der Waals surface area contributed by atoms with Gasteiger partial charge in [-0.1, -0.05) is 0 Å². The van der Waals surface area contributed by atoms with Gasteiger partial charge in [-0.25, -0.2) is 4.79 Å². The number of ketones is 1. The minimum absolute atomic E-state index is 0.240. The standard InChI is InChI=1S/C22H25NO5S/c1-4-27-16-11-9-15(10-12-16)20(25)13(2)28-22(26)19-17-7-5-6-8-18(17)29-21(19)23-14(3)24/h9-13H,4-8H2,1-3H3,(H,23,24)/t13-/m1/s1. The van der Waals surface area contributed by atoms with Crippen LogP contribution in [0.15, 0.2) is 24.3 Å². The number of ether oxygens (including phenoxy) is 2. The molecular formula is C22H25NO5S. The van der Waals surface area contributed by atoms with Gasteiger partial charge in [-0.2, -0.15) is 0 Å². The molecule has 3 rings (SSSR count). The van der Waals surface area contributed by atoms with Crippen molar-refractivity contribution >= 4 is 34.0 Å². The third kappa shape index (κ3) is 4.85. The highest BCUT2D eigenvalue weighted by Gasteiger charge is 2.29. The van der Waals surface area contributed by atoms with Gasteiger partial charge in [-0.05, 0) is 69.4 Å². The van der Waals surface area contributed by atoms with Gasteiger partial charge in [-0.15, -0.1) is 11.3 Å². The lowest BCUT2D eigenvalue weighted by atomic mass is 9.95. The van der Waals surface area contributed by atoms with Crippen LogP contribution in [0.1, 0.15) is 64.8 Å². The van der Waals surface area contributed by atoms with Gasteiger partial charge in [0.1, 0.15) is 10.8 Å². The van der Waals surface area contributed by atoms with Crippen molar-refractivity contribution in [2.45, 2.75) is 52.6 Å². The molecule has 0 radical (unpaired) electrons. The van der Waals surface area contributed by atoms with E-state index in [1.165, 1.54) is 18.3 Å². The van der Waals surface area contributed by atoms with E-state index in [4.69, 9.17) is 9.47 Å². The molecule has 1 amide bonds. The minimum atomic E-state index is -0.940. The number of aryl methyl sites for hydroxylation is 1. The van der Waals surface area contributed by atoms with Crippen molar-refractivity contribution in [1.29, 1.82) is 0 Å². The van der Waals surface area contributed by atoms with Crippen molar-refractivity contribution in [3.8, 4) is 5.75 Å². The maximum Gasteiger partial charge on any atom is 0.342 e. The van der Waals surface area contributed by atoms with Gasteiger partial charge in [0.05, 0.1) is 12.2 Å². The summed E-state index contributed by atoms with van der Waals surface area (Å²) >= 11 is 1.43. The number of carbonyl (C=O) groups is 3. The van der Waals surface area contributed by atoms with Gasteiger partial charge in [0.2, 0.25) is 11.7 Å². The fraction of sp³-hybridized carbons (Fsp3) is 0.409. The number of thiophene rings is 1. The molecule has 0 aliphatic heterocycles. The van der Waals surface area contributed by atoms with Crippen LogP contribution in [0.4, 0.5) is 5.00 Å². The summed E-state index contributed by atoms with van der Waals surface area (Å²) < 4.78 is 10.9. The van der Waals surface area contributed by atoms with Gasteiger partial charge >= 0.3 is 5.97 Å². The Morgan fingerprint density at radius 2 is 1.83 bits per heavy atom. The fourth-order valence-corrected chi connectivity index (χ4v) is 4.74. The summed E-state index contributed by atoms with van der Waals surface area (Å²) in [4.78, 5) is 38.3. The Morgan fingerprint density at radius 3 is 2.48 bits per heavy atom. The number of carbonyl (C=O) groups excluding carboxylic acids is 3. The zero-order valence-electron chi connectivity index (χ0n) is 16.9. The number of hydrogen-bond acceptors (Lipinski definition) is 6. The Balaban J connectivity index is 1.77. The normalized spacial score (nSPS) is 13.9. The first-order chi connectivity index (χ1) is 13.9. The molecule has 1 heterocycles. The van der Waals surface area contributed by atoms with Crippen molar-refractivity contribution in [1.82, 2.24) is 0 Å². The van der Waals surface area contributed by atoms with Crippen molar-refractivity contribution in [2.75, 3.05) is 11.9 Å². The molecule has 0 unspecified atom stereocenters. The highest BCUT2D eigenvalue weighted by atomic mass is 32.1. The Labute approximate surface area is 174 Å². The van der Waals surface area contributed by atoms with E-state index in [1.54, 1.807) is 31.2 Å². The monoisotopic (exact) mass is 415 g/mol. The van der Waals surface area contributed by atoms with Crippen molar-refractivity contribution in [3.63, 3.8) is 0 Å². The van der Waals surface area contributed by atoms with Crippen LogP contribution >= 0.6 is 11.3 Å². The van der Waals surface area contributed by atoms with Crippen LogP contribution < -0.4 is 10.1 Å². The van der Waals surface area contributed by atoms with Gasteiger partial charge < -0.3 is 14.8 Å². The van der Waals surface area contributed by atoms with Gasteiger partial charge in [0.15, 0.2) is 6.10 Å². The van der Waals surface area contributed by atoms with Crippen LogP contribution in [0, 0.1) is 0 Å².